The molecule has 1 heterocycles. The monoisotopic (exact) mass is 356 g/mol. The van der Waals surface area contributed by atoms with E-state index in [9.17, 15) is 13.7 Å². The van der Waals surface area contributed by atoms with Crippen LogP contribution in [-0.4, -0.2) is 32.7 Å². The van der Waals surface area contributed by atoms with Gasteiger partial charge in [-0.25, -0.2) is 8.42 Å². The number of benzene rings is 1. The van der Waals surface area contributed by atoms with E-state index in [0.717, 1.165) is 32.4 Å². The maximum atomic E-state index is 12.8. The van der Waals surface area contributed by atoms with Crippen LogP contribution >= 0.6 is 23.4 Å². The number of nitrogens with zero attached hydrogens (tertiary/aromatic N) is 2. The van der Waals surface area contributed by atoms with Crippen molar-refractivity contribution in [2.24, 2.45) is 0 Å². The number of allylic oxidation sites excluding steroid dienone is 1. The molecule has 0 aliphatic carbocycles. The first-order valence-corrected chi connectivity index (χ1v) is 10.0. The van der Waals surface area contributed by atoms with Crippen LogP contribution in [0.2, 0.25) is 5.02 Å². The van der Waals surface area contributed by atoms with Crippen molar-refractivity contribution in [2.75, 3.05) is 19.3 Å². The summed E-state index contributed by atoms with van der Waals surface area (Å²) in [5.41, 5.74) is 0. The molecule has 1 aliphatic rings. The zero-order valence-electron chi connectivity index (χ0n) is 12.3. The Kier molecular flexibility index (Phi) is 5.79. The van der Waals surface area contributed by atoms with Gasteiger partial charge in [0.2, 0.25) is 9.84 Å². The van der Waals surface area contributed by atoms with Crippen LogP contribution in [0.15, 0.2) is 39.1 Å². The third-order valence-electron chi connectivity index (χ3n) is 3.53. The summed E-state index contributed by atoms with van der Waals surface area (Å²) in [6.45, 7) is 1.58. The van der Waals surface area contributed by atoms with E-state index in [-0.39, 0.29) is 9.80 Å². The van der Waals surface area contributed by atoms with Crippen LogP contribution in [0.3, 0.4) is 0 Å². The van der Waals surface area contributed by atoms with Gasteiger partial charge < -0.3 is 4.90 Å². The zero-order chi connectivity index (χ0) is 16.2. The maximum Gasteiger partial charge on any atom is 0.219 e. The Morgan fingerprint density at radius 3 is 2.32 bits per heavy atom. The quantitative estimate of drug-likeness (QED) is 0.770. The number of hydrogen-bond acceptors (Lipinski definition) is 5. The standard InChI is InChI=1S/C15H17ClN2O2S2/c1-21-15(18-9-3-2-4-10-18)14(11-17)22(19,20)13-7-5-12(16)6-8-13/h5-8H,2-4,9-10H2,1H3/b15-14-. The Morgan fingerprint density at radius 2 is 1.82 bits per heavy atom. The van der Waals surface area contributed by atoms with Gasteiger partial charge in [-0.3, -0.25) is 0 Å². The van der Waals surface area contributed by atoms with Gasteiger partial charge in [0.15, 0.2) is 4.91 Å². The molecular weight excluding hydrogens is 340 g/mol. The summed E-state index contributed by atoms with van der Waals surface area (Å²) in [5, 5.41) is 10.5. The second-order valence-corrected chi connectivity index (χ2v) is 8.07. The lowest BCUT2D eigenvalue weighted by molar-refractivity contribution is 0.302. The Labute approximate surface area is 140 Å². The lowest BCUT2D eigenvalue weighted by Crippen LogP contribution is -2.29. The summed E-state index contributed by atoms with van der Waals surface area (Å²) >= 11 is 7.11. The molecule has 0 amide bonds. The third-order valence-corrected chi connectivity index (χ3v) is 6.47. The summed E-state index contributed by atoms with van der Waals surface area (Å²) in [6, 6.07) is 7.80. The minimum atomic E-state index is -3.83. The lowest BCUT2D eigenvalue weighted by atomic mass is 10.1. The summed E-state index contributed by atoms with van der Waals surface area (Å²) in [4.78, 5) is 1.92. The molecule has 0 N–H and O–H groups in total. The lowest BCUT2D eigenvalue weighted by Gasteiger charge is -2.30. The van der Waals surface area contributed by atoms with Crippen LogP contribution in [0.1, 0.15) is 19.3 Å². The number of halogens is 1. The van der Waals surface area contributed by atoms with Gasteiger partial charge in [-0.05, 0) is 49.8 Å². The van der Waals surface area contributed by atoms with E-state index in [4.69, 9.17) is 11.6 Å². The van der Waals surface area contributed by atoms with Gasteiger partial charge in [0.25, 0.3) is 0 Å². The molecule has 118 valence electrons. The molecule has 0 aromatic heterocycles. The second-order valence-electron chi connectivity index (χ2n) is 4.96. The average Bonchev–Trinajstić information content (AvgIpc) is 2.53. The molecule has 0 spiro atoms. The topological polar surface area (TPSA) is 61.2 Å². The Morgan fingerprint density at radius 1 is 1.23 bits per heavy atom. The SMILES string of the molecule is CS/C(=C(/C#N)S(=O)(=O)c1ccc(Cl)cc1)N1CCCCC1. The summed E-state index contributed by atoms with van der Waals surface area (Å²) < 4.78 is 25.5. The average molecular weight is 357 g/mol. The highest BCUT2D eigenvalue weighted by molar-refractivity contribution is 8.04. The third kappa shape index (κ3) is 3.60. The van der Waals surface area contributed by atoms with Gasteiger partial charge in [-0.1, -0.05) is 11.6 Å². The zero-order valence-corrected chi connectivity index (χ0v) is 14.6. The first-order valence-electron chi connectivity index (χ1n) is 6.94. The number of hydrogen-bond donors (Lipinski definition) is 0. The van der Waals surface area contributed by atoms with Crippen LogP contribution in [-0.2, 0) is 9.84 Å². The number of nitriles is 1. The van der Waals surface area contributed by atoms with Crippen molar-refractivity contribution in [2.45, 2.75) is 24.2 Å². The van der Waals surface area contributed by atoms with Gasteiger partial charge in [-0.2, -0.15) is 5.26 Å². The largest absolute Gasteiger partial charge is 0.365 e. The highest BCUT2D eigenvalue weighted by Crippen LogP contribution is 2.31. The molecule has 1 aliphatic heterocycles. The van der Waals surface area contributed by atoms with E-state index in [2.05, 4.69) is 0 Å². The molecule has 1 aromatic carbocycles. The van der Waals surface area contributed by atoms with Crippen LogP contribution in [0.4, 0.5) is 0 Å². The van der Waals surface area contributed by atoms with E-state index in [1.54, 1.807) is 6.26 Å². The first-order chi connectivity index (χ1) is 10.5. The Hall–Kier alpha value is -1.16. The smallest absolute Gasteiger partial charge is 0.219 e. The highest BCUT2D eigenvalue weighted by atomic mass is 35.5. The molecule has 4 nitrogen and oxygen atoms in total. The normalized spacial score (nSPS) is 16.9. The highest BCUT2D eigenvalue weighted by Gasteiger charge is 2.28. The molecule has 0 bridgehead atoms. The molecule has 1 saturated heterocycles. The molecule has 0 atom stereocenters. The van der Waals surface area contributed by atoms with Crippen LogP contribution < -0.4 is 0 Å². The van der Waals surface area contributed by atoms with Crippen molar-refractivity contribution in [1.82, 2.24) is 4.90 Å². The molecular formula is C15H17ClN2O2S2. The van der Waals surface area contributed by atoms with Crippen LogP contribution in [0, 0.1) is 11.3 Å². The minimum absolute atomic E-state index is 0.0945. The number of piperidine rings is 1. The van der Waals surface area contributed by atoms with Gasteiger partial charge in [0.05, 0.1) is 4.90 Å². The molecule has 0 radical (unpaired) electrons. The molecule has 1 aromatic rings. The Bertz CT molecular complexity index is 700. The Balaban J connectivity index is 2.49. The molecule has 2 rings (SSSR count). The van der Waals surface area contributed by atoms with E-state index >= 15 is 0 Å². The fourth-order valence-corrected chi connectivity index (χ4v) is 5.00. The van der Waals surface area contributed by atoms with Crippen molar-refractivity contribution in [3.05, 3.63) is 39.2 Å². The first kappa shape index (κ1) is 17.2. The summed E-state index contributed by atoms with van der Waals surface area (Å²) in [5.74, 6) is 0. The molecule has 0 unspecified atom stereocenters. The molecule has 1 fully saturated rings. The van der Waals surface area contributed by atoms with Gasteiger partial charge >= 0.3 is 0 Å². The molecule has 7 heteroatoms. The van der Waals surface area contributed by atoms with Gasteiger partial charge in [0.1, 0.15) is 11.1 Å². The predicted molar refractivity (Wildman–Crippen MR) is 90.2 cm³/mol. The molecule has 22 heavy (non-hydrogen) atoms. The number of rotatable bonds is 4. The van der Waals surface area contributed by atoms with E-state index in [1.807, 2.05) is 11.0 Å². The summed E-state index contributed by atoms with van der Waals surface area (Å²) in [6.07, 6.45) is 4.98. The number of sulfone groups is 1. The van der Waals surface area contributed by atoms with Crippen molar-refractivity contribution in [3.8, 4) is 6.07 Å². The van der Waals surface area contributed by atoms with E-state index < -0.39 is 9.84 Å². The number of likely N-dealkylation sites (tertiary alicyclic amines) is 1. The fourth-order valence-electron chi connectivity index (χ4n) is 2.42. The molecule has 0 saturated carbocycles. The maximum absolute atomic E-state index is 12.8. The summed E-state index contributed by atoms with van der Waals surface area (Å²) in [7, 11) is -3.83. The number of thioether (sulfide) groups is 1. The minimum Gasteiger partial charge on any atom is -0.365 e. The van der Waals surface area contributed by atoms with E-state index in [1.165, 1.54) is 36.0 Å². The van der Waals surface area contributed by atoms with Crippen LogP contribution in [0.25, 0.3) is 0 Å². The van der Waals surface area contributed by atoms with E-state index in [0.29, 0.717) is 10.1 Å². The van der Waals surface area contributed by atoms with Crippen molar-refractivity contribution in [1.29, 1.82) is 5.26 Å². The predicted octanol–water partition coefficient (Wildman–Crippen LogP) is 3.66. The van der Waals surface area contributed by atoms with Crippen molar-refractivity contribution < 1.29 is 8.42 Å². The fraction of sp³-hybridized carbons (Fsp3) is 0.400. The van der Waals surface area contributed by atoms with Crippen molar-refractivity contribution in [3.63, 3.8) is 0 Å². The second kappa shape index (κ2) is 7.40. The van der Waals surface area contributed by atoms with Crippen LogP contribution in [0.5, 0.6) is 0 Å². The van der Waals surface area contributed by atoms with Gasteiger partial charge in [-0.15, -0.1) is 11.8 Å². The van der Waals surface area contributed by atoms with Crippen molar-refractivity contribution >= 4 is 33.2 Å². The van der Waals surface area contributed by atoms with Gasteiger partial charge in [0, 0.05) is 18.1 Å².